The number of anilines is 1. The molecule has 2 heterocycles. The van der Waals surface area contributed by atoms with Gasteiger partial charge in [0.2, 0.25) is 5.89 Å². The Labute approximate surface area is 110 Å². The van der Waals surface area contributed by atoms with Gasteiger partial charge >= 0.3 is 5.97 Å². The quantitative estimate of drug-likeness (QED) is 0.879. The van der Waals surface area contributed by atoms with Crippen LogP contribution in [-0.2, 0) is 0 Å². The maximum Gasteiger partial charge on any atom is 0.335 e. The highest BCUT2D eigenvalue weighted by atomic mass is 16.4. The zero-order valence-electron chi connectivity index (χ0n) is 11.0. The van der Waals surface area contributed by atoms with Gasteiger partial charge in [-0.2, -0.15) is 0 Å². The van der Waals surface area contributed by atoms with Crippen LogP contribution in [0.2, 0.25) is 0 Å². The van der Waals surface area contributed by atoms with E-state index in [-0.39, 0.29) is 11.6 Å². The molecule has 2 aromatic heterocycles. The van der Waals surface area contributed by atoms with Crippen molar-refractivity contribution in [2.45, 2.75) is 26.8 Å². The predicted octanol–water partition coefficient (Wildman–Crippen LogP) is 2.56. The molecule has 0 spiro atoms. The molecule has 0 amide bonds. The van der Waals surface area contributed by atoms with Gasteiger partial charge in [0.1, 0.15) is 17.6 Å². The Morgan fingerprint density at radius 3 is 2.74 bits per heavy atom. The Morgan fingerprint density at radius 1 is 1.42 bits per heavy atom. The molecule has 100 valence electrons. The molecule has 1 atom stereocenters. The molecule has 0 bridgehead atoms. The van der Waals surface area contributed by atoms with E-state index in [4.69, 9.17) is 9.52 Å². The minimum Gasteiger partial charge on any atom is -0.478 e. The summed E-state index contributed by atoms with van der Waals surface area (Å²) in [4.78, 5) is 19.3. The molecule has 0 aromatic carbocycles. The molecule has 0 saturated carbocycles. The highest BCUT2D eigenvalue weighted by molar-refractivity contribution is 5.88. The van der Waals surface area contributed by atoms with E-state index in [0.29, 0.717) is 17.4 Å². The standard InChI is InChI=1S/C13H15N3O3/c1-7-4-10(13(17)18)5-11(15-7)16-9(3)12-14-6-8(2)19-12/h4-6,9H,1-3H3,(H,15,16)(H,17,18). The van der Waals surface area contributed by atoms with E-state index in [1.165, 1.54) is 12.1 Å². The average molecular weight is 261 g/mol. The van der Waals surface area contributed by atoms with Crippen LogP contribution in [0.1, 0.15) is 40.7 Å². The van der Waals surface area contributed by atoms with Gasteiger partial charge in [-0.05, 0) is 32.9 Å². The Morgan fingerprint density at radius 2 is 2.16 bits per heavy atom. The molecular weight excluding hydrogens is 246 g/mol. The van der Waals surface area contributed by atoms with Crippen molar-refractivity contribution in [3.8, 4) is 0 Å². The summed E-state index contributed by atoms with van der Waals surface area (Å²) in [7, 11) is 0. The third-order valence-corrected chi connectivity index (χ3v) is 2.57. The van der Waals surface area contributed by atoms with Crippen LogP contribution >= 0.6 is 0 Å². The first-order valence-corrected chi connectivity index (χ1v) is 5.86. The highest BCUT2D eigenvalue weighted by Crippen LogP contribution is 2.19. The maximum absolute atomic E-state index is 11.0. The lowest BCUT2D eigenvalue weighted by Gasteiger charge is -2.12. The van der Waals surface area contributed by atoms with Crippen LogP contribution in [0, 0.1) is 13.8 Å². The highest BCUT2D eigenvalue weighted by Gasteiger charge is 2.13. The van der Waals surface area contributed by atoms with Crippen LogP contribution < -0.4 is 5.32 Å². The number of hydrogen-bond acceptors (Lipinski definition) is 5. The van der Waals surface area contributed by atoms with Crippen LogP contribution in [0.5, 0.6) is 0 Å². The third kappa shape index (κ3) is 3.09. The van der Waals surface area contributed by atoms with Crippen molar-refractivity contribution < 1.29 is 14.3 Å². The first kappa shape index (κ1) is 13.1. The fourth-order valence-electron chi connectivity index (χ4n) is 1.72. The van der Waals surface area contributed by atoms with Crippen molar-refractivity contribution in [3.63, 3.8) is 0 Å². The third-order valence-electron chi connectivity index (χ3n) is 2.57. The van der Waals surface area contributed by atoms with Gasteiger partial charge in [-0.1, -0.05) is 0 Å². The van der Waals surface area contributed by atoms with E-state index in [9.17, 15) is 4.79 Å². The van der Waals surface area contributed by atoms with Crippen molar-refractivity contribution in [2.75, 3.05) is 5.32 Å². The number of nitrogens with one attached hydrogen (secondary N) is 1. The first-order chi connectivity index (χ1) is 8.95. The lowest BCUT2D eigenvalue weighted by molar-refractivity contribution is 0.0696. The fourth-order valence-corrected chi connectivity index (χ4v) is 1.72. The number of rotatable bonds is 4. The van der Waals surface area contributed by atoms with Gasteiger partial charge in [-0.3, -0.25) is 0 Å². The number of carboxylic acids is 1. The zero-order chi connectivity index (χ0) is 14.0. The second kappa shape index (κ2) is 5.09. The number of pyridine rings is 1. The molecule has 0 saturated heterocycles. The maximum atomic E-state index is 11.0. The SMILES string of the molecule is Cc1cc(C(=O)O)cc(NC(C)c2ncc(C)o2)n1. The van der Waals surface area contributed by atoms with Gasteiger partial charge in [0, 0.05) is 5.69 Å². The van der Waals surface area contributed by atoms with E-state index in [2.05, 4.69) is 15.3 Å². The zero-order valence-corrected chi connectivity index (χ0v) is 11.0. The van der Waals surface area contributed by atoms with Crippen LogP contribution in [0.4, 0.5) is 5.82 Å². The molecule has 0 fully saturated rings. The molecule has 6 nitrogen and oxygen atoms in total. The van der Waals surface area contributed by atoms with Gasteiger partial charge in [0.25, 0.3) is 0 Å². The van der Waals surface area contributed by atoms with Gasteiger partial charge in [-0.15, -0.1) is 0 Å². The van der Waals surface area contributed by atoms with E-state index in [0.717, 1.165) is 5.76 Å². The normalized spacial score (nSPS) is 12.2. The molecule has 2 N–H and O–H groups in total. The largest absolute Gasteiger partial charge is 0.478 e. The van der Waals surface area contributed by atoms with E-state index < -0.39 is 5.97 Å². The van der Waals surface area contributed by atoms with Crippen LogP contribution in [0.15, 0.2) is 22.7 Å². The van der Waals surface area contributed by atoms with Gasteiger partial charge in [0.15, 0.2) is 0 Å². The molecule has 1 unspecified atom stereocenters. The van der Waals surface area contributed by atoms with Gasteiger partial charge in [0.05, 0.1) is 11.8 Å². The molecule has 0 aliphatic carbocycles. The summed E-state index contributed by atoms with van der Waals surface area (Å²) in [6.45, 7) is 5.43. The van der Waals surface area contributed by atoms with Gasteiger partial charge in [-0.25, -0.2) is 14.8 Å². The average Bonchev–Trinajstić information content (AvgIpc) is 2.75. The van der Waals surface area contributed by atoms with Crippen molar-refractivity contribution in [2.24, 2.45) is 0 Å². The Hall–Kier alpha value is -2.37. The van der Waals surface area contributed by atoms with Crippen LogP contribution in [0.3, 0.4) is 0 Å². The number of aryl methyl sites for hydroxylation is 2. The minimum absolute atomic E-state index is 0.190. The fraction of sp³-hybridized carbons (Fsp3) is 0.308. The molecule has 2 rings (SSSR count). The molecule has 0 aliphatic rings. The van der Waals surface area contributed by atoms with E-state index in [1.54, 1.807) is 13.1 Å². The Bertz CT molecular complexity index is 607. The van der Waals surface area contributed by atoms with Crippen molar-refractivity contribution in [1.82, 2.24) is 9.97 Å². The number of aromatic nitrogens is 2. The van der Waals surface area contributed by atoms with Crippen molar-refractivity contribution in [3.05, 3.63) is 41.2 Å². The van der Waals surface area contributed by atoms with E-state index >= 15 is 0 Å². The lowest BCUT2D eigenvalue weighted by Crippen LogP contribution is -2.10. The van der Waals surface area contributed by atoms with Gasteiger partial charge < -0.3 is 14.8 Å². The number of carboxylic acid groups (broad SMARTS) is 1. The first-order valence-electron chi connectivity index (χ1n) is 5.86. The molecular formula is C13H15N3O3. The molecule has 2 aromatic rings. The Kier molecular flexibility index (Phi) is 3.50. The summed E-state index contributed by atoms with van der Waals surface area (Å²) in [5.41, 5.74) is 0.837. The summed E-state index contributed by atoms with van der Waals surface area (Å²) < 4.78 is 5.41. The van der Waals surface area contributed by atoms with Crippen LogP contribution in [-0.4, -0.2) is 21.0 Å². The van der Waals surface area contributed by atoms with Crippen molar-refractivity contribution >= 4 is 11.8 Å². The summed E-state index contributed by atoms with van der Waals surface area (Å²) >= 11 is 0. The summed E-state index contributed by atoms with van der Waals surface area (Å²) in [5, 5.41) is 12.1. The summed E-state index contributed by atoms with van der Waals surface area (Å²) in [6.07, 6.45) is 1.64. The second-order valence-corrected chi connectivity index (χ2v) is 4.36. The molecule has 0 aliphatic heterocycles. The molecule has 0 radical (unpaired) electrons. The smallest absolute Gasteiger partial charge is 0.335 e. The number of nitrogens with zero attached hydrogens (tertiary/aromatic N) is 2. The predicted molar refractivity (Wildman–Crippen MR) is 69.2 cm³/mol. The topological polar surface area (TPSA) is 88.2 Å². The number of aromatic carboxylic acids is 1. The number of carbonyl (C=O) groups is 1. The summed E-state index contributed by atoms with van der Waals surface area (Å²) in [5.74, 6) is 0.777. The van der Waals surface area contributed by atoms with Crippen LogP contribution in [0.25, 0.3) is 0 Å². The monoisotopic (exact) mass is 261 g/mol. The molecule has 19 heavy (non-hydrogen) atoms. The van der Waals surface area contributed by atoms with E-state index in [1.807, 2.05) is 13.8 Å². The second-order valence-electron chi connectivity index (χ2n) is 4.36. The minimum atomic E-state index is -0.979. The lowest BCUT2D eigenvalue weighted by atomic mass is 10.2. The number of oxazole rings is 1. The summed E-state index contributed by atoms with van der Waals surface area (Å²) in [6, 6.07) is 2.82. The Balaban J connectivity index is 2.21. The van der Waals surface area contributed by atoms with Crippen molar-refractivity contribution in [1.29, 1.82) is 0 Å². The molecule has 6 heteroatoms. The number of hydrogen-bond donors (Lipinski definition) is 2.